The molecule has 1 aliphatic rings. The van der Waals surface area contributed by atoms with E-state index in [0.717, 1.165) is 0 Å². The zero-order chi connectivity index (χ0) is 20.0. The number of hydrogen-bond donors (Lipinski definition) is 6. The SMILES string of the molecule is Nc1nc(=O)c2ncn([C@H]3C[C@H](OP(=O)(O)O)[C@@H](COP(=O)(O)O)O3)c2[nH]1. The second kappa shape index (κ2) is 7.05. The molecule has 3 rings (SSSR count). The quantitative estimate of drug-likeness (QED) is 0.291. The lowest BCUT2D eigenvalue weighted by Crippen LogP contribution is -2.28. The molecular weight excluding hydrogens is 412 g/mol. The predicted octanol–water partition coefficient (Wildman–Crippen LogP) is -1.42. The van der Waals surface area contributed by atoms with Gasteiger partial charge in [0.2, 0.25) is 5.95 Å². The van der Waals surface area contributed by atoms with Crippen LogP contribution in [0.4, 0.5) is 5.95 Å². The Morgan fingerprint density at radius 2 is 2.04 bits per heavy atom. The summed E-state index contributed by atoms with van der Waals surface area (Å²) in [6, 6.07) is 0. The highest BCUT2D eigenvalue weighted by molar-refractivity contribution is 7.46. The van der Waals surface area contributed by atoms with Crippen LogP contribution in [0.25, 0.3) is 11.2 Å². The number of H-pyrrole nitrogens is 1. The molecular formula is C10H15N5O10P2. The number of nitrogens with two attached hydrogens (primary N) is 1. The molecule has 0 radical (unpaired) electrons. The molecule has 0 saturated carbocycles. The molecule has 17 heteroatoms. The van der Waals surface area contributed by atoms with Crippen molar-refractivity contribution in [3.8, 4) is 0 Å². The summed E-state index contributed by atoms with van der Waals surface area (Å²) in [6.07, 6.45) is -2.36. The summed E-state index contributed by atoms with van der Waals surface area (Å²) < 4.78 is 37.9. The maximum Gasteiger partial charge on any atom is 0.469 e. The normalized spacial score (nSPS) is 23.9. The van der Waals surface area contributed by atoms with E-state index in [-0.39, 0.29) is 23.5 Å². The van der Waals surface area contributed by atoms with Crippen molar-refractivity contribution in [2.45, 2.75) is 24.9 Å². The van der Waals surface area contributed by atoms with Gasteiger partial charge in [-0.05, 0) is 0 Å². The van der Waals surface area contributed by atoms with E-state index in [1.54, 1.807) is 0 Å². The number of aromatic amines is 1. The summed E-state index contributed by atoms with van der Waals surface area (Å²) in [6.45, 7) is -0.696. The Morgan fingerprint density at radius 3 is 2.67 bits per heavy atom. The molecule has 7 N–H and O–H groups in total. The van der Waals surface area contributed by atoms with Crippen LogP contribution in [-0.4, -0.2) is 57.9 Å². The molecule has 0 bridgehead atoms. The number of fused-ring (bicyclic) bond motifs is 1. The Bertz CT molecular complexity index is 994. The summed E-state index contributed by atoms with van der Waals surface area (Å²) in [7, 11) is -9.77. The van der Waals surface area contributed by atoms with Gasteiger partial charge in [-0.3, -0.25) is 18.4 Å². The van der Waals surface area contributed by atoms with Crippen LogP contribution >= 0.6 is 15.6 Å². The predicted molar refractivity (Wildman–Crippen MR) is 86.0 cm³/mol. The van der Waals surface area contributed by atoms with E-state index in [2.05, 4.69) is 24.0 Å². The van der Waals surface area contributed by atoms with Crippen LogP contribution < -0.4 is 11.3 Å². The fourth-order valence-corrected chi connectivity index (χ4v) is 3.57. The van der Waals surface area contributed by atoms with E-state index in [9.17, 15) is 13.9 Å². The standard InChI is InChI=1S/C10H15N5O10P2/c11-10-13-8-7(9(16)14-10)12-3-15(8)6-1-4(25-27(20,21)22)5(24-6)2-23-26(17,18)19/h3-6H,1-2H2,(H2,17,18,19)(H2,20,21,22)(H3,11,13,14,16)/t4-,5+,6+/m0/s1. The molecule has 150 valence electrons. The lowest BCUT2D eigenvalue weighted by Gasteiger charge is -2.19. The first-order chi connectivity index (χ1) is 12.4. The largest absolute Gasteiger partial charge is 0.469 e. The van der Waals surface area contributed by atoms with Crippen LogP contribution in [0.15, 0.2) is 11.1 Å². The molecule has 1 fully saturated rings. The fourth-order valence-electron chi connectivity index (χ4n) is 2.65. The van der Waals surface area contributed by atoms with Crippen molar-refractivity contribution in [2.75, 3.05) is 12.3 Å². The Labute approximate surface area is 149 Å². The Hall–Kier alpha value is -1.67. The summed E-state index contributed by atoms with van der Waals surface area (Å²) in [5, 5.41) is 0. The van der Waals surface area contributed by atoms with Gasteiger partial charge in [0.25, 0.3) is 0 Å². The van der Waals surface area contributed by atoms with E-state index in [4.69, 9.17) is 30.0 Å². The van der Waals surface area contributed by atoms with Gasteiger partial charge in [0.1, 0.15) is 24.1 Å². The number of imidazole rings is 1. The highest BCUT2D eigenvalue weighted by Gasteiger charge is 2.42. The van der Waals surface area contributed by atoms with E-state index in [1.807, 2.05) is 0 Å². The number of phosphoric ester groups is 2. The minimum atomic E-state index is -4.93. The molecule has 0 aliphatic carbocycles. The summed E-state index contributed by atoms with van der Waals surface area (Å²) in [5.41, 5.74) is 4.91. The second-order valence-electron chi connectivity index (χ2n) is 5.56. The van der Waals surface area contributed by atoms with E-state index in [0.29, 0.717) is 0 Å². The van der Waals surface area contributed by atoms with E-state index >= 15 is 0 Å². The molecule has 15 nitrogen and oxygen atoms in total. The minimum Gasteiger partial charge on any atom is -0.369 e. The van der Waals surface area contributed by atoms with Crippen molar-refractivity contribution in [3.05, 3.63) is 16.7 Å². The molecule has 27 heavy (non-hydrogen) atoms. The first-order valence-electron chi connectivity index (χ1n) is 7.25. The van der Waals surface area contributed by atoms with Crippen LogP contribution in [0.2, 0.25) is 0 Å². The number of phosphoric acid groups is 2. The topological polar surface area (TPSA) is 232 Å². The van der Waals surface area contributed by atoms with Gasteiger partial charge in [-0.1, -0.05) is 0 Å². The number of nitrogen functional groups attached to an aromatic ring is 1. The van der Waals surface area contributed by atoms with Gasteiger partial charge in [-0.2, -0.15) is 4.98 Å². The van der Waals surface area contributed by atoms with Crippen LogP contribution in [0, 0.1) is 0 Å². The minimum absolute atomic E-state index is 0.0461. The number of ether oxygens (including phenoxy) is 1. The van der Waals surface area contributed by atoms with Gasteiger partial charge in [0.05, 0.1) is 12.9 Å². The second-order valence-corrected chi connectivity index (χ2v) is 7.99. The van der Waals surface area contributed by atoms with Crippen molar-refractivity contribution >= 4 is 32.8 Å². The molecule has 3 atom stereocenters. The maximum absolute atomic E-state index is 11.8. The average molecular weight is 427 g/mol. The molecule has 1 saturated heterocycles. The highest BCUT2D eigenvalue weighted by atomic mass is 31.2. The highest BCUT2D eigenvalue weighted by Crippen LogP contribution is 2.45. The molecule has 3 heterocycles. The Morgan fingerprint density at radius 1 is 1.33 bits per heavy atom. The maximum atomic E-state index is 11.8. The summed E-state index contributed by atoms with van der Waals surface area (Å²) >= 11 is 0. The van der Waals surface area contributed by atoms with Crippen molar-refractivity contribution in [2.24, 2.45) is 0 Å². The molecule has 0 amide bonds. The molecule has 2 aromatic rings. The Balaban J connectivity index is 1.90. The summed E-state index contributed by atoms with van der Waals surface area (Å²) in [5.74, 6) is -0.184. The van der Waals surface area contributed by atoms with Crippen molar-refractivity contribution in [1.82, 2.24) is 19.5 Å². The van der Waals surface area contributed by atoms with Gasteiger partial charge in [0.15, 0.2) is 5.52 Å². The van der Waals surface area contributed by atoms with Crippen LogP contribution in [0.1, 0.15) is 12.6 Å². The van der Waals surface area contributed by atoms with Gasteiger partial charge in [-0.25, -0.2) is 14.1 Å². The third-order valence-electron chi connectivity index (χ3n) is 3.64. The number of anilines is 1. The van der Waals surface area contributed by atoms with Crippen LogP contribution in [0.3, 0.4) is 0 Å². The monoisotopic (exact) mass is 427 g/mol. The number of rotatable bonds is 6. The van der Waals surface area contributed by atoms with Crippen molar-refractivity contribution in [1.29, 1.82) is 0 Å². The smallest absolute Gasteiger partial charge is 0.369 e. The molecule has 1 aliphatic heterocycles. The van der Waals surface area contributed by atoms with Gasteiger partial charge in [-0.15, -0.1) is 0 Å². The van der Waals surface area contributed by atoms with Crippen LogP contribution in [0.5, 0.6) is 0 Å². The molecule has 2 aromatic heterocycles. The van der Waals surface area contributed by atoms with Crippen molar-refractivity contribution in [3.63, 3.8) is 0 Å². The number of nitrogens with zero attached hydrogens (tertiary/aromatic N) is 3. The van der Waals surface area contributed by atoms with Crippen molar-refractivity contribution < 1.29 is 42.5 Å². The third kappa shape index (κ3) is 4.79. The average Bonchev–Trinajstić information content (AvgIpc) is 3.06. The van der Waals surface area contributed by atoms with Crippen LogP contribution in [-0.2, 0) is 22.9 Å². The Kier molecular flexibility index (Phi) is 5.24. The first-order valence-corrected chi connectivity index (χ1v) is 10.3. The number of aromatic nitrogens is 4. The lowest BCUT2D eigenvalue weighted by molar-refractivity contribution is -0.0417. The van der Waals surface area contributed by atoms with E-state index in [1.165, 1.54) is 10.9 Å². The zero-order valence-electron chi connectivity index (χ0n) is 13.3. The van der Waals surface area contributed by atoms with Gasteiger partial charge in [0, 0.05) is 6.42 Å². The zero-order valence-corrected chi connectivity index (χ0v) is 15.1. The van der Waals surface area contributed by atoms with E-state index < -0.39 is 46.2 Å². The number of nitrogens with one attached hydrogen (secondary N) is 1. The van der Waals surface area contributed by atoms with Gasteiger partial charge >= 0.3 is 21.2 Å². The first kappa shape index (κ1) is 20.1. The van der Waals surface area contributed by atoms with Gasteiger partial charge < -0.3 is 35.0 Å². The molecule has 0 unspecified atom stereocenters. The molecule has 0 aromatic carbocycles. The summed E-state index contributed by atoms with van der Waals surface area (Å²) in [4.78, 5) is 57.5. The molecule has 0 spiro atoms. The fraction of sp³-hybridized carbons (Fsp3) is 0.500. The lowest BCUT2D eigenvalue weighted by atomic mass is 10.2. The number of hydrogen-bond acceptors (Lipinski definition) is 9. The third-order valence-corrected chi connectivity index (χ3v) is 4.67.